The zero-order valence-electron chi connectivity index (χ0n) is 19.3. The number of hydrogen-bond acceptors (Lipinski definition) is 9. The van der Waals surface area contributed by atoms with Crippen LogP contribution in [0, 0.1) is 24.8 Å². The molecule has 0 bridgehead atoms. The van der Waals surface area contributed by atoms with Gasteiger partial charge in [0, 0.05) is 35.9 Å². The largest absolute Gasteiger partial charge is 0.490 e. The van der Waals surface area contributed by atoms with E-state index in [0.29, 0.717) is 16.4 Å². The van der Waals surface area contributed by atoms with Crippen LogP contribution in [0.5, 0.6) is 0 Å². The first kappa shape index (κ1) is 26.5. The minimum Gasteiger partial charge on any atom is -0.444 e. The number of halogens is 3. The van der Waals surface area contributed by atoms with Crippen LogP contribution in [-0.2, 0) is 13.7 Å². The number of nitrogens with zero attached hydrogens (tertiary/aromatic N) is 4. The van der Waals surface area contributed by atoms with Crippen molar-refractivity contribution in [2.75, 3.05) is 0 Å². The fourth-order valence-corrected chi connectivity index (χ4v) is 3.12. The van der Waals surface area contributed by atoms with Crippen LogP contribution in [0.25, 0.3) is 0 Å². The Labute approximate surface area is 211 Å². The lowest BCUT2D eigenvalue weighted by Gasteiger charge is -2.31. The Hall–Kier alpha value is -3.55. The van der Waals surface area contributed by atoms with Crippen LogP contribution in [0.3, 0.4) is 0 Å². The monoisotopic (exact) mass is 506 g/mol. The maximum atomic E-state index is 13.1. The quantitative estimate of drug-likeness (QED) is 0.263. The highest BCUT2D eigenvalue weighted by Gasteiger charge is 2.44. The van der Waals surface area contributed by atoms with E-state index in [0.717, 1.165) is 18.0 Å². The molecule has 0 unspecified atom stereocenters. The minimum absolute atomic E-state index is 0.182. The van der Waals surface area contributed by atoms with Crippen LogP contribution in [0.1, 0.15) is 5.69 Å². The first-order valence-corrected chi connectivity index (χ1v) is 10.9. The van der Waals surface area contributed by atoms with Gasteiger partial charge in [-0.15, -0.1) is 0 Å². The Bertz CT molecular complexity index is 1170. The minimum atomic E-state index is -1.58. The number of hydrogen-bond donors (Lipinski definition) is 2. The smallest absolute Gasteiger partial charge is 0.444 e. The second kappa shape index (κ2) is 12.1. The van der Waals surface area contributed by atoms with Gasteiger partial charge in [-0.05, 0) is 47.6 Å². The topological polar surface area (TPSA) is 120 Å². The summed E-state index contributed by atoms with van der Waals surface area (Å²) in [6.45, 7) is 1.87. The SMILES string of the molecule is Cc1ccc(B2OB(c3ccc(F)nc3)OB(c3ccc(F)nc3)O2)cn1.OB(O)c1ccc(F)nc1. The Morgan fingerprint density at radius 2 is 1.00 bits per heavy atom. The first-order valence-electron chi connectivity index (χ1n) is 10.9. The fraction of sp³-hybridized carbons (Fsp3) is 0.0476. The number of rotatable bonds is 4. The average molecular weight is 506 g/mol. The normalized spacial score (nSPS) is 13.2. The molecule has 37 heavy (non-hydrogen) atoms. The lowest BCUT2D eigenvalue weighted by atomic mass is 9.62. The van der Waals surface area contributed by atoms with Crippen LogP contribution in [0.15, 0.2) is 73.3 Å². The highest BCUT2D eigenvalue weighted by molar-refractivity contribution is 6.87. The second-order valence-electron chi connectivity index (χ2n) is 7.75. The molecule has 0 aliphatic carbocycles. The Morgan fingerprint density at radius 3 is 1.32 bits per heavy atom. The number of aryl methyl sites for hydroxylation is 1. The summed E-state index contributed by atoms with van der Waals surface area (Å²) in [6, 6.07) is 11.5. The molecule has 2 N–H and O–H groups in total. The third-order valence-corrected chi connectivity index (χ3v) is 5.04. The molecule has 4 aromatic heterocycles. The van der Waals surface area contributed by atoms with Gasteiger partial charge in [-0.2, -0.15) is 13.2 Å². The van der Waals surface area contributed by atoms with E-state index in [4.69, 9.17) is 23.8 Å². The molecule has 9 nitrogen and oxygen atoms in total. The van der Waals surface area contributed by atoms with Crippen molar-refractivity contribution in [3.05, 3.63) is 96.9 Å². The van der Waals surface area contributed by atoms with E-state index in [2.05, 4.69) is 19.9 Å². The third-order valence-electron chi connectivity index (χ3n) is 5.04. The van der Waals surface area contributed by atoms with Gasteiger partial charge in [-0.3, -0.25) is 4.98 Å². The zero-order valence-corrected chi connectivity index (χ0v) is 19.3. The molecule has 5 rings (SSSR count). The molecule has 1 saturated heterocycles. The van der Waals surface area contributed by atoms with Crippen molar-refractivity contribution in [2.24, 2.45) is 0 Å². The van der Waals surface area contributed by atoms with Gasteiger partial charge < -0.3 is 23.8 Å². The van der Waals surface area contributed by atoms with E-state index in [1.807, 2.05) is 19.1 Å². The summed E-state index contributed by atoms with van der Waals surface area (Å²) in [7, 11) is -4.11. The van der Waals surface area contributed by atoms with E-state index in [1.165, 1.54) is 42.7 Å². The first-order chi connectivity index (χ1) is 17.8. The van der Waals surface area contributed by atoms with Crippen molar-refractivity contribution in [2.45, 2.75) is 6.92 Å². The van der Waals surface area contributed by atoms with Gasteiger partial charge in [0.05, 0.1) is 0 Å². The summed E-state index contributed by atoms with van der Waals surface area (Å²) in [5, 5.41) is 17.0. The summed E-state index contributed by atoms with van der Waals surface area (Å²) < 4.78 is 55.9. The summed E-state index contributed by atoms with van der Waals surface area (Å²) in [5.41, 5.74) is 2.75. The van der Waals surface area contributed by atoms with Crippen molar-refractivity contribution in [1.29, 1.82) is 0 Å². The van der Waals surface area contributed by atoms with E-state index < -0.39 is 46.3 Å². The molecule has 0 radical (unpaired) electrons. The van der Waals surface area contributed by atoms with Crippen molar-refractivity contribution in [3.8, 4) is 0 Å². The number of pyridine rings is 4. The Morgan fingerprint density at radius 1 is 0.595 bits per heavy atom. The lowest BCUT2D eigenvalue weighted by molar-refractivity contribution is 0.308. The van der Waals surface area contributed by atoms with E-state index in [-0.39, 0.29) is 5.46 Å². The molecule has 0 spiro atoms. The molecule has 184 valence electrons. The van der Waals surface area contributed by atoms with Gasteiger partial charge in [0.1, 0.15) is 0 Å². The van der Waals surface area contributed by atoms with Gasteiger partial charge in [0.2, 0.25) is 17.8 Å². The Kier molecular flexibility index (Phi) is 8.69. The molecule has 0 aromatic carbocycles. The summed E-state index contributed by atoms with van der Waals surface area (Å²) in [6.07, 6.45) is 5.37. The predicted octanol–water partition coefficient (Wildman–Crippen LogP) is -1.09. The van der Waals surface area contributed by atoms with Crippen molar-refractivity contribution in [1.82, 2.24) is 19.9 Å². The van der Waals surface area contributed by atoms with E-state index >= 15 is 0 Å². The predicted molar refractivity (Wildman–Crippen MR) is 131 cm³/mol. The number of aromatic nitrogens is 4. The van der Waals surface area contributed by atoms with E-state index in [9.17, 15) is 13.2 Å². The molecule has 0 atom stereocenters. The maximum Gasteiger partial charge on any atom is 0.490 e. The third kappa shape index (κ3) is 7.24. The second-order valence-corrected chi connectivity index (χ2v) is 7.75. The zero-order chi connectivity index (χ0) is 26.4. The van der Waals surface area contributed by atoms with Crippen LogP contribution in [0.2, 0.25) is 0 Å². The average Bonchev–Trinajstić information content (AvgIpc) is 2.90. The molecule has 0 saturated carbocycles. The molecule has 1 fully saturated rings. The van der Waals surface area contributed by atoms with Gasteiger partial charge in [0.15, 0.2) is 0 Å². The summed E-state index contributed by atoms with van der Waals surface area (Å²) in [5.74, 6) is -1.85. The highest BCUT2D eigenvalue weighted by Crippen LogP contribution is 2.10. The standard InChI is InChI=1S/C16H12B3F2N3O3.C5H5BFNO2/c1-11-2-3-12(8-22-11)17-25-18(13-4-6-15(20)23-9-13)27-19(26-17)14-5-7-16(21)24-10-14;7-5-2-1-4(3-8-5)6(9)10/h2-10H,1H3;1-3,9-10H. The van der Waals surface area contributed by atoms with Gasteiger partial charge in [0.25, 0.3) is 0 Å². The van der Waals surface area contributed by atoms with Crippen molar-refractivity contribution >= 4 is 50.3 Å². The molecular weight excluding hydrogens is 488 g/mol. The fourth-order valence-electron chi connectivity index (χ4n) is 3.12. The van der Waals surface area contributed by atoms with Crippen molar-refractivity contribution < 1.29 is 36.9 Å². The maximum absolute atomic E-state index is 13.1. The molecule has 4 aromatic rings. The lowest BCUT2D eigenvalue weighted by Crippen LogP contribution is -2.61. The molecule has 16 heteroatoms. The molecule has 1 aliphatic heterocycles. The molecule has 0 amide bonds. The molecular formula is C21H17B4F3N4O5. The summed E-state index contributed by atoms with van der Waals surface area (Å²) >= 11 is 0. The Balaban J connectivity index is 0.000000270. The molecule has 5 heterocycles. The van der Waals surface area contributed by atoms with Crippen LogP contribution in [0.4, 0.5) is 13.2 Å². The molecule has 1 aliphatic rings. The van der Waals surface area contributed by atoms with Gasteiger partial charge >= 0.3 is 28.5 Å². The van der Waals surface area contributed by atoms with Gasteiger partial charge in [-0.1, -0.05) is 24.3 Å². The van der Waals surface area contributed by atoms with Crippen LogP contribution >= 0.6 is 0 Å². The van der Waals surface area contributed by atoms with Gasteiger partial charge in [-0.25, -0.2) is 15.0 Å². The van der Waals surface area contributed by atoms with Crippen LogP contribution < -0.4 is 21.9 Å². The van der Waals surface area contributed by atoms with Crippen LogP contribution in [-0.4, -0.2) is 58.5 Å². The van der Waals surface area contributed by atoms with Crippen molar-refractivity contribution in [3.63, 3.8) is 0 Å². The highest BCUT2D eigenvalue weighted by atomic mass is 19.1. The summed E-state index contributed by atoms with van der Waals surface area (Å²) in [4.78, 5) is 14.7. The van der Waals surface area contributed by atoms with E-state index in [1.54, 1.807) is 6.20 Å².